The SMILES string of the molecule is Cc1cc(O)cc(C2(N=C=O)CCC2)c1F. The molecule has 0 unspecified atom stereocenters. The summed E-state index contributed by atoms with van der Waals surface area (Å²) in [5, 5.41) is 9.46. The molecule has 16 heavy (non-hydrogen) atoms. The van der Waals surface area contributed by atoms with E-state index in [-0.39, 0.29) is 5.75 Å². The van der Waals surface area contributed by atoms with E-state index in [1.165, 1.54) is 18.2 Å². The van der Waals surface area contributed by atoms with Gasteiger partial charge in [-0.05, 0) is 43.9 Å². The van der Waals surface area contributed by atoms with Crippen LogP contribution in [0.25, 0.3) is 0 Å². The van der Waals surface area contributed by atoms with Gasteiger partial charge in [0, 0.05) is 5.56 Å². The molecule has 1 aliphatic carbocycles. The molecule has 1 aromatic rings. The number of hydrogen-bond donors (Lipinski definition) is 1. The molecule has 2 rings (SSSR count). The van der Waals surface area contributed by atoms with Crippen LogP contribution < -0.4 is 0 Å². The van der Waals surface area contributed by atoms with Crippen molar-refractivity contribution in [3.05, 3.63) is 29.1 Å². The normalized spacial score (nSPS) is 17.4. The van der Waals surface area contributed by atoms with Crippen LogP contribution in [-0.2, 0) is 10.3 Å². The molecule has 0 aliphatic heterocycles. The maximum absolute atomic E-state index is 13.9. The molecule has 0 atom stereocenters. The number of phenols is 1. The predicted octanol–water partition coefficient (Wildman–Crippen LogP) is 2.55. The van der Waals surface area contributed by atoms with Gasteiger partial charge >= 0.3 is 0 Å². The van der Waals surface area contributed by atoms with Gasteiger partial charge in [0.2, 0.25) is 6.08 Å². The smallest absolute Gasteiger partial charge is 0.235 e. The molecule has 1 fully saturated rings. The van der Waals surface area contributed by atoms with E-state index in [2.05, 4.69) is 4.99 Å². The third kappa shape index (κ3) is 1.51. The summed E-state index contributed by atoms with van der Waals surface area (Å²) in [6, 6.07) is 2.71. The fourth-order valence-corrected chi connectivity index (χ4v) is 2.13. The van der Waals surface area contributed by atoms with Gasteiger partial charge in [0.15, 0.2) is 0 Å². The maximum Gasteiger partial charge on any atom is 0.235 e. The zero-order valence-corrected chi connectivity index (χ0v) is 8.96. The second kappa shape index (κ2) is 3.72. The lowest BCUT2D eigenvalue weighted by Gasteiger charge is -2.37. The Labute approximate surface area is 92.6 Å². The highest BCUT2D eigenvalue weighted by atomic mass is 19.1. The monoisotopic (exact) mass is 221 g/mol. The Bertz CT molecular complexity index is 474. The number of hydrogen-bond acceptors (Lipinski definition) is 3. The molecule has 1 aromatic carbocycles. The third-order valence-electron chi connectivity index (χ3n) is 3.18. The average molecular weight is 221 g/mol. The van der Waals surface area contributed by atoms with Gasteiger partial charge in [0.25, 0.3) is 0 Å². The van der Waals surface area contributed by atoms with E-state index < -0.39 is 11.4 Å². The third-order valence-corrected chi connectivity index (χ3v) is 3.18. The number of aromatic hydroxyl groups is 1. The Morgan fingerprint density at radius 2 is 2.19 bits per heavy atom. The highest BCUT2D eigenvalue weighted by Gasteiger charge is 2.41. The number of nitrogens with zero attached hydrogens (tertiary/aromatic N) is 1. The van der Waals surface area contributed by atoms with Crippen molar-refractivity contribution in [3.63, 3.8) is 0 Å². The van der Waals surface area contributed by atoms with Gasteiger partial charge in [-0.3, -0.25) is 0 Å². The van der Waals surface area contributed by atoms with Crippen LogP contribution in [-0.4, -0.2) is 11.2 Å². The topological polar surface area (TPSA) is 49.7 Å². The van der Waals surface area contributed by atoms with E-state index in [9.17, 15) is 14.3 Å². The van der Waals surface area contributed by atoms with Crippen LogP contribution in [0.1, 0.15) is 30.4 Å². The number of halogens is 1. The summed E-state index contributed by atoms with van der Waals surface area (Å²) in [7, 11) is 0. The summed E-state index contributed by atoms with van der Waals surface area (Å²) < 4.78 is 13.9. The summed E-state index contributed by atoms with van der Waals surface area (Å²) in [6.07, 6.45) is 3.66. The van der Waals surface area contributed by atoms with E-state index in [4.69, 9.17) is 0 Å². The Morgan fingerprint density at radius 1 is 1.50 bits per heavy atom. The molecule has 0 heterocycles. The number of carbonyl (C=O) groups excluding carboxylic acids is 1. The van der Waals surface area contributed by atoms with Gasteiger partial charge in [0.1, 0.15) is 17.1 Å². The van der Waals surface area contributed by atoms with E-state index in [1.807, 2.05) is 0 Å². The first-order chi connectivity index (χ1) is 7.59. The number of benzene rings is 1. The lowest BCUT2D eigenvalue weighted by Crippen LogP contribution is -2.33. The maximum atomic E-state index is 13.9. The van der Waals surface area contributed by atoms with Crippen molar-refractivity contribution in [2.24, 2.45) is 4.99 Å². The molecule has 1 saturated carbocycles. The van der Waals surface area contributed by atoms with Gasteiger partial charge in [-0.25, -0.2) is 9.18 Å². The molecule has 84 valence electrons. The van der Waals surface area contributed by atoms with Crippen LogP contribution in [0.3, 0.4) is 0 Å². The van der Waals surface area contributed by atoms with Crippen molar-refractivity contribution in [3.8, 4) is 5.75 Å². The fraction of sp³-hybridized carbons (Fsp3) is 0.417. The van der Waals surface area contributed by atoms with Crippen molar-refractivity contribution < 1.29 is 14.3 Å². The van der Waals surface area contributed by atoms with Crippen molar-refractivity contribution >= 4 is 6.08 Å². The molecule has 0 saturated heterocycles. The first-order valence-corrected chi connectivity index (χ1v) is 5.18. The first kappa shape index (κ1) is 10.8. The second-order valence-corrected chi connectivity index (χ2v) is 4.21. The van der Waals surface area contributed by atoms with Crippen LogP contribution in [0.5, 0.6) is 5.75 Å². The number of rotatable bonds is 2. The van der Waals surface area contributed by atoms with Crippen LogP contribution in [0.4, 0.5) is 4.39 Å². The predicted molar refractivity (Wildman–Crippen MR) is 56.5 cm³/mol. The minimum absolute atomic E-state index is 0.00118. The molecule has 3 nitrogen and oxygen atoms in total. The van der Waals surface area contributed by atoms with Gasteiger partial charge in [-0.15, -0.1) is 0 Å². The van der Waals surface area contributed by atoms with Gasteiger partial charge in [-0.2, -0.15) is 4.99 Å². The van der Waals surface area contributed by atoms with Gasteiger partial charge in [0.05, 0.1) is 0 Å². The molecule has 0 aromatic heterocycles. The van der Waals surface area contributed by atoms with Gasteiger partial charge in [-0.1, -0.05) is 0 Å². The number of aryl methyl sites for hydroxylation is 1. The minimum atomic E-state index is -0.796. The zero-order chi connectivity index (χ0) is 11.8. The minimum Gasteiger partial charge on any atom is -0.508 e. The quantitative estimate of drug-likeness (QED) is 0.616. The zero-order valence-electron chi connectivity index (χ0n) is 8.96. The lowest BCUT2D eigenvalue weighted by molar-refractivity contribution is 0.246. The summed E-state index contributed by atoms with van der Waals surface area (Å²) in [5.74, 6) is -0.391. The summed E-state index contributed by atoms with van der Waals surface area (Å²) in [4.78, 5) is 14.1. The van der Waals surface area contributed by atoms with Gasteiger partial charge < -0.3 is 5.11 Å². The van der Waals surface area contributed by atoms with E-state index in [0.29, 0.717) is 24.0 Å². The standard InChI is InChI=1S/C12H12FNO2/c1-8-5-9(16)6-10(11(8)13)12(14-7-15)3-2-4-12/h5-6,16H,2-4H2,1H3. The van der Waals surface area contributed by atoms with Crippen LogP contribution in [0.2, 0.25) is 0 Å². The fourth-order valence-electron chi connectivity index (χ4n) is 2.13. The molecule has 0 amide bonds. The molecule has 0 spiro atoms. The Balaban J connectivity index is 2.58. The van der Waals surface area contributed by atoms with E-state index in [0.717, 1.165) is 6.42 Å². The molecule has 1 N–H and O–H groups in total. The summed E-state index contributed by atoms with van der Waals surface area (Å²) in [6.45, 7) is 1.58. The van der Waals surface area contributed by atoms with Crippen LogP contribution in [0.15, 0.2) is 17.1 Å². The molecule has 1 aliphatic rings. The van der Waals surface area contributed by atoms with E-state index >= 15 is 0 Å². The van der Waals surface area contributed by atoms with Crippen molar-refractivity contribution in [1.82, 2.24) is 0 Å². The number of phenolic OH excluding ortho intramolecular Hbond substituents is 1. The molecule has 4 heteroatoms. The summed E-state index contributed by atoms with van der Waals surface area (Å²) >= 11 is 0. The highest BCUT2D eigenvalue weighted by Crippen LogP contribution is 2.46. The summed E-state index contributed by atoms with van der Waals surface area (Å²) in [5.41, 5.74) is -0.128. The largest absolute Gasteiger partial charge is 0.508 e. The van der Waals surface area contributed by atoms with Crippen LogP contribution in [0, 0.1) is 12.7 Å². The Kier molecular flexibility index (Phi) is 2.52. The second-order valence-electron chi connectivity index (χ2n) is 4.21. The molecular weight excluding hydrogens is 209 g/mol. The molecule has 0 radical (unpaired) electrons. The molecular formula is C12H12FNO2. The Morgan fingerprint density at radius 3 is 2.69 bits per heavy atom. The first-order valence-electron chi connectivity index (χ1n) is 5.18. The number of isocyanates is 1. The average Bonchev–Trinajstić information content (AvgIpc) is 2.17. The van der Waals surface area contributed by atoms with Crippen molar-refractivity contribution in [1.29, 1.82) is 0 Å². The highest BCUT2D eigenvalue weighted by molar-refractivity contribution is 5.44. The van der Waals surface area contributed by atoms with Crippen molar-refractivity contribution in [2.45, 2.75) is 31.7 Å². The number of aliphatic imine (C=N–C) groups is 1. The van der Waals surface area contributed by atoms with Crippen LogP contribution >= 0.6 is 0 Å². The molecule has 0 bridgehead atoms. The van der Waals surface area contributed by atoms with Crippen molar-refractivity contribution in [2.75, 3.05) is 0 Å². The Hall–Kier alpha value is -1.67. The van der Waals surface area contributed by atoms with E-state index in [1.54, 1.807) is 6.92 Å². The lowest BCUT2D eigenvalue weighted by atomic mass is 9.72.